The fourth-order valence-electron chi connectivity index (χ4n) is 1.60. The van der Waals surface area contributed by atoms with Crippen molar-refractivity contribution in [2.75, 3.05) is 0 Å². The van der Waals surface area contributed by atoms with Crippen molar-refractivity contribution in [3.05, 3.63) is 48.4 Å². The molecule has 0 spiro atoms. The molecule has 0 saturated carbocycles. The number of hydrogen-bond acceptors (Lipinski definition) is 4. The second kappa shape index (κ2) is 4.93. The van der Waals surface area contributed by atoms with Gasteiger partial charge in [0, 0.05) is 5.56 Å². The second-order valence-electron chi connectivity index (χ2n) is 3.90. The Bertz CT molecular complexity index is 519. The molecule has 0 fully saturated rings. The number of nitrogens with two attached hydrogens (primary N) is 1. The molecule has 17 heavy (non-hydrogen) atoms. The molecule has 1 heterocycles. The lowest BCUT2D eigenvalue weighted by molar-refractivity contribution is 0.356. The van der Waals surface area contributed by atoms with Crippen LogP contribution in [0.2, 0.25) is 0 Å². The number of hydrogen-bond donors (Lipinski definition) is 1. The number of aryl methyl sites for hydroxylation is 1. The topological polar surface area (TPSA) is 64.9 Å². The van der Waals surface area contributed by atoms with E-state index in [4.69, 9.17) is 10.3 Å². The van der Waals surface area contributed by atoms with E-state index in [-0.39, 0.29) is 6.04 Å². The number of aromatic nitrogens is 2. The van der Waals surface area contributed by atoms with Crippen LogP contribution in [0.5, 0.6) is 0 Å². The molecule has 0 saturated heterocycles. The lowest BCUT2D eigenvalue weighted by Gasteiger charge is -2.00. The molecule has 1 unspecified atom stereocenters. The predicted octanol–water partition coefficient (Wildman–Crippen LogP) is 2.62. The average Bonchev–Trinajstić information content (AvgIpc) is 2.79. The quantitative estimate of drug-likeness (QED) is 0.818. The third-order valence-corrected chi connectivity index (χ3v) is 2.57. The van der Waals surface area contributed by atoms with Crippen molar-refractivity contribution in [3.63, 3.8) is 0 Å². The highest BCUT2D eigenvalue weighted by Crippen LogP contribution is 2.22. The molecule has 0 radical (unpaired) electrons. The summed E-state index contributed by atoms with van der Waals surface area (Å²) in [5.41, 5.74) is 7.94. The molecule has 1 aromatic carbocycles. The molecule has 88 valence electrons. The van der Waals surface area contributed by atoms with Gasteiger partial charge in [-0.25, -0.2) is 0 Å². The van der Waals surface area contributed by atoms with Gasteiger partial charge < -0.3 is 10.3 Å². The first-order chi connectivity index (χ1) is 8.22. The van der Waals surface area contributed by atoms with Crippen LogP contribution in [0, 0.1) is 6.92 Å². The smallest absolute Gasteiger partial charge is 0.244 e. The monoisotopic (exact) mass is 229 g/mol. The zero-order valence-corrected chi connectivity index (χ0v) is 9.76. The van der Waals surface area contributed by atoms with Gasteiger partial charge in [0.25, 0.3) is 0 Å². The van der Waals surface area contributed by atoms with E-state index in [2.05, 4.69) is 16.7 Å². The molecule has 0 bridgehead atoms. The Morgan fingerprint density at radius 1 is 1.47 bits per heavy atom. The van der Waals surface area contributed by atoms with Crippen molar-refractivity contribution in [2.24, 2.45) is 5.73 Å². The van der Waals surface area contributed by atoms with Gasteiger partial charge in [0.05, 0.1) is 6.04 Å². The van der Waals surface area contributed by atoms with E-state index >= 15 is 0 Å². The highest BCUT2D eigenvalue weighted by molar-refractivity contribution is 5.58. The molecule has 1 atom stereocenters. The summed E-state index contributed by atoms with van der Waals surface area (Å²) in [6.45, 7) is 5.64. The lowest BCUT2D eigenvalue weighted by atomic mass is 10.1. The van der Waals surface area contributed by atoms with Gasteiger partial charge in [0.15, 0.2) is 0 Å². The number of nitrogens with zero attached hydrogens (tertiary/aromatic N) is 2. The van der Waals surface area contributed by atoms with Crippen molar-refractivity contribution in [1.29, 1.82) is 0 Å². The minimum absolute atomic E-state index is 0.280. The molecule has 2 rings (SSSR count). The summed E-state index contributed by atoms with van der Waals surface area (Å²) in [6.07, 6.45) is 2.36. The molecule has 0 aliphatic heterocycles. The third kappa shape index (κ3) is 2.42. The van der Waals surface area contributed by atoms with Crippen molar-refractivity contribution >= 4 is 0 Å². The van der Waals surface area contributed by atoms with Gasteiger partial charge in [0.1, 0.15) is 0 Å². The average molecular weight is 229 g/mol. The van der Waals surface area contributed by atoms with Crippen LogP contribution >= 0.6 is 0 Å². The Morgan fingerprint density at radius 3 is 2.94 bits per heavy atom. The predicted molar refractivity (Wildman–Crippen MR) is 66.2 cm³/mol. The molecule has 0 aliphatic carbocycles. The molecule has 1 aromatic heterocycles. The Morgan fingerprint density at radius 2 is 2.24 bits per heavy atom. The van der Waals surface area contributed by atoms with Crippen LogP contribution in [-0.2, 0) is 0 Å². The van der Waals surface area contributed by atoms with Crippen LogP contribution in [0.15, 0.2) is 41.4 Å². The summed E-state index contributed by atoms with van der Waals surface area (Å²) in [4.78, 5) is 4.31. The largest absolute Gasteiger partial charge is 0.337 e. The highest BCUT2D eigenvalue weighted by Gasteiger charge is 2.15. The maximum atomic E-state index is 5.87. The number of rotatable bonds is 4. The molecule has 4 heteroatoms. The fourth-order valence-corrected chi connectivity index (χ4v) is 1.60. The third-order valence-electron chi connectivity index (χ3n) is 2.57. The molecular weight excluding hydrogens is 214 g/mol. The molecule has 0 amide bonds. The second-order valence-corrected chi connectivity index (χ2v) is 3.90. The van der Waals surface area contributed by atoms with Crippen LogP contribution in [0.25, 0.3) is 11.4 Å². The standard InChI is InChI=1S/C13H15N3O/c1-3-6-11(14)13-15-12(16-17-13)10-8-5-4-7-9(10)2/h3-5,7-8,11H,1,6,14H2,2H3. The Kier molecular flexibility index (Phi) is 3.35. The van der Waals surface area contributed by atoms with Crippen molar-refractivity contribution in [1.82, 2.24) is 10.1 Å². The van der Waals surface area contributed by atoms with Crippen LogP contribution in [0.1, 0.15) is 23.9 Å². The first-order valence-electron chi connectivity index (χ1n) is 5.48. The van der Waals surface area contributed by atoms with E-state index in [1.807, 2.05) is 31.2 Å². The van der Waals surface area contributed by atoms with Gasteiger partial charge in [-0.05, 0) is 18.9 Å². The summed E-state index contributed by atoms with van der Waals surface area (Å²) in [5, 5.41) is 3.95. The summed E-state index contributed by atoms with van der Waals surface area (Å²) in [5.74, 6) is 1.03. The summed E-state index contributed by atoms with van der Waals surface area (Å²) >= 11 is 0. The lowest BCUT2D eigenvalue weighted by Crippen LogP contribution is -2.09. The molecule has 2 aromatic rings. The summed E-state index contributed by atoms with van der Waals surface area (Å²) < 4.78 is 5.15. The molecule has 2 N–H and O–H groups in total. The minimum atomic E-state index is -0.280. The zero-order chi connectivity index (χ0) is 12.3. The van der Waals surface area contributed by atoms with E-state index in [9.17, 15) is 0 Å². The maximum Gasteiger partial charge on any atom is 0.244 e. The Balaban J connectivity index is 2.30. The number of benzene rings is 1. The van der Waals surface area contributed by atoms with Gasteiger partial charge in [-0.15, -0.1) is 6.58 Å². The van der Waals surface area contributed by atoms with E-state index in [1.165, 1.54) is 0 Å². The van der Waals surface area contributed by atoms with E-state index in [0.717, 1.165) is 11.1 Å². The maximum absolute atomic E-state index is 5.87. The van der Waals surface area contributed by atoms with Crippen LogP contribution in [-0.4, -0.2) is 10.1 Å². The Labute approximate surface area is 100 Å². The van der Waals surface area contributed by atoms with E-state index in [1.54, 1.807) is 6.08 Å². The van der Waals surface area contributed by atoms with Gasteiger partial charge in [-0.3, -0.25) is 0 Å². The molecule has 0 aliphatic rings. The van der Waals surface area contributed by atoms with Crippen LogP contribution in [0.3, 0.4) is 0 Å². The van der Waals surface area contributed by atoms with E-state index in [0.29, 0.717) is 18.1 Å². The normalized spacial score (nSPS) is 12.4. The summed E-state index contributed by atoms with van der Waals surface area (Å²) in [6, 6.07) is 7.61. The first kappa shape index (κ1) is 11.5. The zero-order valence-electron chi connectivity index (χ0n) is 9.76. The molecule has 4 nitrogen and oxygen atoms in total. The van der Waals surface area contributed by atoms with Gasteiger partial charge in [-0.1, -0.05) is 35.5 Å². The van der Waals surface area contributed by atoms with Crippen molar-refractivity contribution in [3.8, 4) is 11.4 Å². The van der Waals surface area contributed by atoms with Crippen LogP contribution in [0.4, 0.5) is 0 Å². The van der Waals surface area contributed by atoms with Gasteiger partial charge in [-0.2, -0.15) is 4.98 Å². The van der Waals surface area contributed by atoms with Crippen molar-refractivity contribution < 1.29 is 4.52 Å². The first-order valence-corrected chi connectivity index (χ1v) is 5.48. The molecular formula is C13H15N3O. The van der Waals surface area contributed by atoms with E-state index < -0.39 is 0 Å². The summed E-state index contributed by atoms with van der Waals surface area (Å²) in [7, 11) is 0. The van der Waals surface area contributed by atoms with Gasteiger partial charge >= 0.3 is 0 Å². The minimum Gasteiger partial charge on any atom is -0.337 e. The van der Waals surface area contributed by atoms with Crippen LogP contribution < -0.4 is 5.73 Å². The SMILES string of the molecule is C=CCC(N)c1nc(-c2ccccc2C)no1. The van der Waals surface area contributed by atoms with Crippen molar-refractivity contribution in [2.45, 2.75) is 19.4 Å². The fraction of sp³-hybridized carbons (Fsp3) is 0.231. The highest BCUT2D eigenvalue weighted by atomic mass is 16.5. The van der Waals surface area contributed by atoms with Gasteiger partial charge in [0.2, 0.25) is 11.7 Å². The Hall–Kier alpha value is -1.94.